The molecule has 0 spiro atoms. The molecular weight excluding hydrogens is 518 g/mol. The van der Waals surface area contributed by atoms with Crippen LogP contribution in [0.15, 0.2) is 0 Å². The van der Waals surface area contributed by atoms with Crippen LogP contribution in [0.1, 0.15) is 0 Å². The summed E-state index contributed by atoms with van der Waals surface area (Å²) < 4.78 is 253. The monoisotopic (exact) mass is 520 g/mol. The first-order valence-corrected chi connectivity index (χ1v) is 7.72. The highest BCUT2D eigenvalue weighted by molar-refractivity contribution is 8.12. The van der Waals surface area contributed by atoms with Crippen molar-refractivity contribution in [3.63, 3.8) is 0 Å². The Morgan fingerprint density at radius 3 is 0.700 bits per heavy atom. The Bertz CT molecular complexity index is 682. The van der Waals surface area contributed by atoms with E-state index in [4.69, 9.17) is 9.11 Å². The van der Waals surface area contributed by atoms with Crippen molar-refractivity contribution in [3.8, 4) is 0 Å². The maximum atomic E-state index is 13.3. The van der Waals surface area contributed by atoms with Gasteiger partial charge >= 0.3 is 46.6 Å². The zero-order valence-corrected chi connectivity index (χ0v) is 13.3. The van der Waals surface area contributed by atoms with Crippen molar-refractivity contribution >= 4 is 9.63 Å². The van der Waals surface area contributed by atoms with Crippen molar-refractivity contribution in [2.75, 3.05) is 0 Å². The van der Waals surface area contributed by atoms with Crippen LogP contribution in [0.2, 0.25) is 0 Å². The van der Waals surface area contributed by atoms with Gasteiger partial charge in [0.15, 0.2) is 0 Å². The van der Waals surface area contributed by atoms with Gasteiger partial charge in [0.1, 0.15) is 0 Å². The smallest absolute Gasteiger partial charge is 0.299 e. The lowest BCUT2D eigenvalue weighted by Gasteiger charge is -2.49. The third kappa shape index (κ3) is 3.03. The summed E-state index contributed by atoms with van der Waals surface area (Å²) in [4.78, 5) is 0. The summed E-state index contributed by atoms with van der Waals surface area (Å²) in [5.41, 5.74) is 0. The van der Waals surface area contributed by atoms with E-state index in [0.717, 1.165) is 0 Å². The lowest BCUT2D eigenvalue weighted by Crippen LogP contribution is -2.78. The second kappa shape index (κ2) is 6.19. The van der Waals surface area contributed by atoms with Gasteiger partial charge in [-0.3, -0.25) is 9.11 Å². The molecule has 0 aliphatic heterocycles. The van der Waals surface area contributed by atoms with Crippen LogP contribution < -0.4 is 0 Å². The highest BCUT2D eigenvalue weighted by Crippen LogP contribution is 2.67. The van der Waals surface area contributed by atoms with Crippen LogP contribution in [0.3, 0.4) is 0 Å². The second-order valence-electron chi connectivity index (χ2n) is 5.19. The Morgan fingerprint density at radius 2 is 0.567 bits per heavy atom. The standard InChI is InChI=1S/C8H2F18O3S/c9-1(10,5(17,18)19)3(13,14)7(23,24)30(27,28,29)8(25,26)4(15,16)2(11,12)6(20,21)22/h(H2,27,28,29). The highest BCUT2D eigenvalue weighted by atomic mass is 32.3. The van der Waals surface area contributed by atoms with Gasteiger partial charge in [-0.05, 0) is 0 Å². The van der Waals surface area contributed by atoms with E-state index in [0.29, 0.717) is 0 Å². The van der Waals surface area contributed by atoms with Crippen LogP contribution in [0.4, 0.5) is 79.0 Å². The Balaban J connectivity index is 7.20. The highest BCUT2D eigenvalue weighted by Gasteiger charge is 2.97. The van der Waals surface area contributed by atoms with Crippen LogP contribution in [0, 0.1) is 0 Å². The molecule has 22 heteroatoms. The fraction of sp³-hybridized carbons (Fsp3) is 1.00. The summed E-state index contributed by atoms with van der Waals surface area (Å²) in [6.45, 7) is 0. The number of alkyl halides is 18. The lowest BCUT2D eigenvalue weighted by atomic mass is 10.1. The minimum atomic E-state index is -11.4. The van der Waals surface area contributed by atoms with Crippen molar-refractivity contribution in [1.82, 2.24) is 0 Å². The number of hydrogen-bond donors (Lipinski definition) is 2. The maximum Gasteiger partial charge on any atom is 0.460 e. The third-order valence-corrected chi connectivity index (χ3v) is 5.52. The van der Waals surface area contributed by atoms with E-state index in [1.54, 1.807) is 0 Å². The van der Waals surface area contributed by atoms with Crippen LogP contribution in [0.5, 0.6) is 0 Å². The average Bonchev–Trinajstić information content (AvgIpc) is 2.42. The summed E-state index contributed by atoms with van der Waals surface area (Å²) in [5, 5.41) is -18.0. The summed E-state index contributed by atoms with van der Waals surface area (Å²) >= 11 is 0. The first-order chi connectivity index (χ1) is 12.3. The van der Waals surface area contributed by atoms with E-state index < -0.39 is 56.2 Å². The predicted molar refractivity (Wildman–Crippen MR) is 55.2 cm³/mol. The molecule has 184 valence electrons. The first-order valence-electron chi connectivity index (χ1n) is 5.84. The van der Waals surface area contributed by atoms with Gasteiger partial charge in [-0.2, -0.15) is 79.0 Å². The first kappa shape index (κ1) is 28.8. The molecule has 0 aromatic carbocycles. The second-order valence-corrected chi connectivity index (χ2v) is 7.95. The van der Waals surface area contributed by atoms with Gasteiger partial charge < -0.3 is 0 Å². The molecule has 0 amide bonds. The van der Waals surface area contributed by atoms with Crippen LogP contribution >= 0.6 is 0 Å². The summed E-state index contributed by atoms with van der Waals surface area (Å²) in [6.07, 6.45) is -15.9. The van der Waals surface area contributed by atoms with Gasteiger partial charge in [-0.15, -0.1) is 0 Å². The molecule has 0 aromatic heterocycles. The molecule has 0 aromatic rings. The van der Waals surface area contributed by atoms with Gasteiger partial charge in [0.25, 0.3) is 0 Å². The van der Waals surface area contributed by atoms with Crippen molar-refractivity contribution < 1.29 is 92.3 Å². The Kier molecular flexibility index (Phi) is 5.95. The quantitative estimate of drug-likeness (QED) is 0.449. The molecular formula is C8H2F18O3S. The summed E-state index contributed by atoms with van der Waals surface area (Å²) in [7, 11) is -11.4. The predicted octanol–water partition coefficient (Wildman–Crippen LogP) is 5.60. The van der Waals surface area contributed by atoms with E-state index in [2.05, 4.69) is 0 Å². The van der Waals surface area contributed by atoms with Crippen molar-refractivity contribution in [2.45, 2.75) is 46.6 Å². The van der Waals surface area contributed by atoms with Crippen molar-refractivity contribution in [3.05, 3.63) is 0 Å². The minimum Gasteiger partial charge on any atom is -0.299 e. The number of hydrogen-bond acceptors (Lipinski definition) is 1. The molecule has 0 aliphatic rings. The Labute approximate surface area is 150 Å². The molecule has 0 unspecified atom stereocenters. The Hall–Kier alpha value is -1.19. The van der Waals surface area contributed by atoms with Crippen LogP contribution in [-0.4, -0.2) is 59.9 Å². The van der Waals surface area contributed by atoms with Gasteiger partial charge in [0, 0.05) is 0 Å². The molecule has 0 radical (unpaired) electrons. The summed E-state index contributed by atoms with van der Waals surface area (Å²) in [5.74, 6) is -34.4. The van der Waals surface area contributed by atoms with Crippen LogP contribution in [0.25, 0.3) is 0 Å². The van der Waals surface area contributed by atoms with Gasteiger partial charge in [-0.1, -0.05) is 0 Å². The molecule has 0 fully saturated rings. The van der Waals surface area contributed by atoms with Gasteiger partial charge in [0.2, 0.25) is 9.63 Å². The molecule has 0 rings (SSSR count). The molecule has 3 nitrogen and oxygen atoms in total. The fourth-order valence-electron chi connectivity index (χ4n) is 1.34. The topological polar surface area (TPSA) is 57.5 Å². The zero-order chi connectivity index (χ0) is 25.4. The fourth-order valence-corrected chi connectivity index (χ4v) is 2.85. The normalized spacial score (nSPS) is 18.2. The number of halogens is 18. The SMILES string of the molecule is O=S(O)(O)(C(F)(F)C(F)(F)C(F)(F)C(F)(F)F)C(F)(F)C(F)(F)C(F)(F)C(F)(F)F. The minimum absolute atomic E-state index is 7.95. The molecule has 0 aliphatic carbocycles. The van der Waals surface area contributed by atoms with Crippen molar-refractivity contribution in [1.29, 1.82) is 0 Å². The average molecular weight is 520 g/mol. The Morgan fingerprint density at radius 1 is 0.400 bits per heavy atom. The molecule has 0 bridgehead atoms. The van der Waals surface area contributed by atoms with E-state index in [9.17, 15) is 83.2 Å². The number of rotatable bonds is 6. The molecule has 0 atom stereocenters. The lowest BCUT2D eigenvalue weighted by molar-refractivity contribution is -0.393. The molecule has 0 heterocycles. The molecule has 2 N–H and O–H groups in total. The molecule has 0 saturated carbocycles. The van der Waals surface area contributed by atoms with Gasteiger partial charge in [0.05, 0.1) is 0 Å². The largest absolute Gasteiger partial charge is 0.460 e. The molecule has 30 heavy (non-hydrogen) atoms. The van der Waals surface area contributed by atoms with Gasteiger partial charge in [-0.25, -0.2) is 4.21 Å². The van der Waals surface area contributed by atoms with E-state index in [-0.39, 0.29) is 0 Å². The van der Waals surface area contributed by atoms with E-state index >= 15 is 0 Å². The maximum absolute atomic E-state index is 13.3. The van der Waals surface area contributed by atoms with Crippen molar-refractivity contribution in [2.24, 2.45) is 0 Å². The van der Waals surface area contributed by atoms with E-state index in [1.165, 1.54) is 0 Å². The molecule has 0 saturated heterocycles. The zero-order valence-electron chi connectivity index (χ0n) is 12.5. The summed E-state index contributed by atoms with van der Waals surface area (Å²) in [6, 6.07) is 0. The third-order valence-electron chi connectivity index (χ3n) is 3.16. The van der Waals surface area contributed by atoms with Crippen LogP contribution in [-0.2, 0) is 9.63 Å². The van der Waals surface area contributed by atoms with E-state index in [1.807, 2.05) is 0 Å².